The number of aromatic nitrogens is 1. The summed E-state index contributed by atoms with van der Waals surface area (Å²) < 4.78 is 6.63. The van der Waals surface area contributed by atoms with Crippen LogP contribution in [0.15, 0.2) is 59.2 Å². The zero-order chi connectivity index (χ0) is 13.9. The van der Waals surface area contributed by atoms with E-state index in [-0.39, 0.29) is 0 Å². The molecule has 0 unspecified atom stereocenters. The highest BCUT2D eigenvalue weighted by atomic mass is 79.9. The van der Waals surface area contributed by atoms with E-state index in [0.29, 0.717) is 17.1 Å². The average Bonchev–Trinajstić information content (AvgIpc) is 2.49. The van der Waals surface area contributed by atoms with Crippen molar-refractivity contribution in [1.82, 2.24) is 4.98 Å². The van der Waals surface area contributed by atoms with Crippen LogP contribution in [0.4, 0.5) is 0 Å². The Bertz CT molecular complexity index is 781. The van der Waals surface area contributed by atoms with Crippen molar-refractivity contribution >= 4 is 33.1 Å². The highest BCUT2D eigenvalue weighted by molar-refractivity contribution is 9.10. The van der Waals surface area contributed by atoms with Crippen molar-refractivity contribution in [3.8, 4) is 11.5 Å². The molecule has 98 valence electrons. The first-order chi connectivity index (χ1) is 9.78. The van der Waals surface area contributed by atoms with Gasteiger partial charge < -0.3 is 4.74 Å². The molecule has 3 nitrogen and oxygen atoms in total. The van der Waals surface area contributed by atoms with Gasteiger partial charge in [0, 0.05) is 17.1 Å². The summed E-state index contributed by atoms with van der Waals surface area (Å²) in [5.74, 6) is 1.33. The second kappa shape index (κ2) is 5.43. The molecule has 1 aromatic heterocycles. The lowest BCUT2D eigenvalue weighted by Crippen LogP contribution is -1.90. The molecule has 0 spiro atoms. The molecule has 0 fully saturated rings. The Hall–Kier alpha value is -2.20. The monoisotopic (exact) mass is 327 g/mol. The predicted octanol–water partition coefficient (Wildman–Crippen LogP) is 4.60. The van der Waals surface area contributed by atoms with E-state index in [1.54, 1.807) is 24.4 Å². The Kier molecular flexibility index (Phi) is 3.48. The van der Waals surface area contributed by atoms with Crippen LogP contribution in [0.25, 0.3) is 10.9 Å². The summed E-state index contributed by atoms with van der Waals surface area (Å²) in [6.45, 7) is 0. The number of pyridine rings is 1. The van der Waals surface area contributed by atoms with E-state index >= 15 is 0 Å². The summed E-state index contributed by atoms with van der Waals surface area (Å²) in [6, 6.07) is 14.9. The standard InChI is InChI=1S/C16H10BrNO2/c17-13-9-11(10-19)6-7-14(13)20-15-5-1-3-12-4-2-8-18-16(12)15/h1-10H. The molecule has 2 aromatic carbocycles. The molecule has 3 aromatic rings. The minimum Gasteiger partial charge on any atom is -0.454 e. The molecule has 0 amide bonds. The summed E-state index contributed by atoms with van der Waals surface area (Å²) >= 11 is 3.41. The van der Waals surface area contributed by atoms with Gasteiger partial charge in [-0.25, -0.2) is 0 Å². The number of fused-ring (bicyclic) bond motifs is 1. The number of rotatable bonds is 3. The van der Waals surface area contributed by atoms with Gasteiger partial charge in [0.1, 0.15) is 17.6 Å². The molecule has 0 saturated carbocycles. The lowest BCUT2D eigenvalue weighted by atomic mass is 10.2. The van der Waals surface area contributed by atoms with Gasteiger partial charge in [0.05, 0.1) is 4.47 Å². The maximum atomic E-state index is 10.7. The molecular formula is C16H10BrNO2. The van der Waals surface area contributed by atoms with Crippen LogP contribution in [0.2, 0.25) is 0 Å². The fourth-order valence-corrected chi connectivity index (χ4v) is 2.43. The van der Waals surface area contributed by atoms with E-state index in [2.05, 4.69) is 20.9 Å². The Morgan fingerprint density at radius 3 is 2.70 bits per heavy atom. The minimum atomic E-state index is 0.597. The van der Waals surface area contributed by atoms with E-state index in [1.165, 1.54) is 0 Å². The average molecular weight is 328 g/mol. The van der Waals surface area contributed by atoms with Gasteiger partial charge >= 0.3 is 0 Å². The van der Waals surface area contributed by atoms with Gasteiger partial charge in [0.2, 0.25) is 0 Å². The Balaban J connectivity index is 2.03. The number of hydrogen-bond acceptors (Lipinski definition) is 3. The van der Waals surface area contributed by atoms with Gasteiger partial charge in [-0.2, -0.15) is 0 Å². The van der Waals surface area contributed by atoms with Gasteiger partial charge in [0.15, 0.2) is 5.75 Å². The zero-order valence-electron chi connectivity index (χ0n) is 10.4. The van der Waals surface area contributed by atoms with Crippen LogP contribution in [0.3, 0.4) is 0 Å². The molecule has 0 aliphatic carbocycles. The molecule has 4 heteroatoms. The largest absolute Gasteiger partial charge is 0.454 e. The summed E-state index contributed by atoms with van der Waals surface area (Å²) in [5.41, 5.74) is 1.40. The highest BCUT2D eigenvalue weighted by Gasteiger charge is 2.07. The van der Waals surface area contributed by atoms with E-state index in [4.69, 9.17) is 4.74 Å². The summed E-state index contributed by atoms with van der Waals surface area (Å²) in [6.07, 6.45) is 2.54. The van der Waals surface area contributed by atoms with Gasteiger partial charge in [-0.05, 0) is 46.3 Å². The maximum Gasteiger partial charge on any atom is 0.153 e. The van der Waals surface area contributed by atoms with Crippen LogP contribution in [0.1, 0.15) is 10.4 Å². The second-order valence-electron chi connectivity index (χ2n) is 4.24. The number of nitrogens with zero attached hydrogens (tertiary/aromatic N) is 1. The molecule has 0 atom stereocenters. The second-order valence-corrected chi connectivity index (χ2v) is 5.10. The first kappa shape index (κ1) is 12.8. The molecule has 3 rings (SSSR count). The van der Waals surface area contributed by atoms with Crippen molar-refractivity contribution in [3.63, 3.8) is 0 Å². The van der Waals surface area contributed by atoms with E-state index < -0.39 is 0 Å². The van der Waals surface area contributed by atoms with Crippen molar-refractivity contribution in [1.29, 1.82) is 0 Å². The zero-order valence-corrected chi connectivity index (χ0v) is 12.0. The normalized spacial score (nSPS) is 10.4. The van der Waals surface area contributed by atoms with Gasteiger partial charge in [-0.1, -0.05) is 18.2 Å². The Morgan fingerprint density at radius 2 is 1.90 bits per heavy atom. The van der Waals surface area contributed by atoms with Crippen molar-refractivity contribution in [2.45, 2.75) is 0 Å². The van der Waals surface area contributed by atoms with Crippen LogP contribution in [-0.4, -0.2) is 11.3 Å². The van der Waals surface area contributed by atoms with Crippen molar-refractivity contribution in [2.24, 2.45) is 0 Å². The van der Waals surface area contributed by atoms with Crippen LogP contribution < -0.4 is 4.74 Å². The summed E-state index contributed by atoms with van der Waals surface area (Å²) in [7, 11) is 0. The number of carbonyl (C=O) groups is 1. The lowest BCUT2D eigenvalue weighted by molar-refractivity contribution is 0.112. The Morgan fingerprint density at radius 1 is 1.05 bits per heavy atom. The van der Waals surface area contributed by atoms with Crippen molar-refractivity contribution in [3.05, 3.63) is 64.8 Å². The van der Waals surface area contributed by atoms with Crippen molar-refractivity contribution in [2.75, 3.05) is 0 Å². The topological polar surface area (TPSA) is 39.2 Å². The van der Waals surface area contributed by atoms with Crippen LogP contribution in [0.5, 0.6) is 11.5 Å². The Labute approximate surface area is 124 Å². The SMILES string of the molecule is O=Cc1ccc(Oc2cccc3cccnc23)c(Br)c1. The third-order valence-corrected chi connectivity index (χ3v) is 3.53. The molecule has 0 N–H and O–H groups in total. The molecule has 0 radical (unpaired) electrons. The molecular weight excluding hydrogens is 318 g/mol. The third kappa shape index (κ3) is 2.42. The lowest BCUT2D eigenvalue weighted by Gasteiger charge is -2.10. The fraction of sp³-hybridized carbons (Fsp3) is 0. The number of benzene rings is 2. The number of hydrogen-bond donors (Lipinski definition) is 0. The van der Waals surface area contributed by atoms with Crippen LogP contribution in [0, 0.1) is 0 Å². The molecule has 0 bridgehead atoms. The first-order valence-electron chi connectivity index (χ1n) is 6.04. The van der Waals surface area contributed by atoms with Gasteiger partial charge in [-0.15, -0.1) is 0 Å². The number of carbonyl (C=O) groups excluding carboxylic acids is 1. The minimum absolute atomic E-state index is 0.597. The predicted molar refractivity (Wildman–Crippen MR) is 81.3 cm³/mol. The van der Waals surface area contributed by atoms with Crippen LogP contribution >= 0.6 is 15.9 Å². The quantitative estimate of drug-likeness (QED) is 0.660. The number of para-hydroxylation sites is 1. The summed E-state index contributed by atoms with van der Waals surface area (Å²) in [5, 5.41) is 1.02. The molecule has 0 aliphatic heterocycles. The smallest absolute Gasteiger partial charge is 0.153 e. The van der Waals surface area contributed by atoms with E-state index in [0.717, 1.165) is 21.7 Å². The van der Waals surface area contributed by atoms with Crippen molar-refractivity contribution < 1.29 is 9.53 Å². The number of ether oxygens (including phenoxy) is 1. The fourth-order valence-electron chi connectivity index (χ4n) is 1.95. The molecule has 1 heterocycles. The third-order valence-electron chi connectivity index (χ3n) is 2.91. The number of aldehydes is 1. The van der Waals surface area contributed by atoms with Crippen LogP contribution in [-0.2, 0) is 0 Å². The first-order valence-corrected chi connectivity index (χ1v) is 6.83. The maximum absolute atomic E-state index is 10.7. The van der Waals surface area contributed by atoms with E-state index in [1.807, 2.05) is 30.3 Å². The summed E-state index contributed by atoms with van der Waals surface area (Å²) in [4.78, 5) is 15.1. The number of halogens is 1. The molecule has 0 aliphatic rings. The van der Waals surface area contributed by atoms with Gasteiger partial charge in [-0.3, -0.25) is 9.78 Å². The molecule has 20 heavy (non-hydrogen) atoms. The van der Waals surface area contributed by atoms with E-state index in [9.17, 15) is 4.79 Å². The highest BCUT2D eigenvalue weighted by Crippen LogP contribution is 2.33. The molecule has 0 saturated heterocycles. The van der Waals surface area contributed by atoms with Gasteiger partial charge in [0.25, 0.3) is 0 Å².